The first kappa shape index (κ1) is 25.5. The maximum absolute atomic E-state index is 13.6. The van der Waals surface area contributed by atoms with E-state index in [9.17, 15) is 29.1 Å². The second-order valence-corrected chi connectivity index (χ2v) is 11.1. The number of amides is 5. The summed E-state index contributed by atoms with van der Waals surface area (Å²) in [4.78, 5) is 63.0. The molecule has 9 nitrogen and oxygen atoms in total. The molecule has 11 heteroatoms. The van der Waals surface area contributed by atoms with Crippen LogP contribution >= 0.6 is 23.2 Å². The average molecular weight is 547 g/mol. The number of ether oxygens (including phenoxy) is 1. The van der Waals surface area contributed by atoms with E-state index in [0.29, 0.717) is 22.5 Å². The molecule has 2 saturated heterocycles. The zero-order chi connectivity index (χ0) is 27.0. The first-order chi connectivity index (χ1) is 17.4. The number of alkyl halides is 2. The van der Waals surface area contributed by atoms with E-state index in [0.717, 1.165) is 12.0 Å². The van der Waals surface area contributed by atoms with Crippen molar-refractivity contribution in [2.75, 3.05) is 14.2 Å². The molecule has 5 rings (SSSR count). The summed E-state index contributed by atoms with van der Waals surface area (Å²) >= 11 is 14.1. The summed E-state index contributed by atoms with van der Waals surface area (Å²) in [7, 11) is 2.35. The molecule has 6 atom stereocenters. The first-order valence-electron chi connectivity index (χ1n) is 11.7. The van der Waals surface area contributed by atoms with Crippen molar-refractivity contribution in [3.05, 3.63) is 53.6 Å². The molecule has 6 unspecified atom stereocenters. The lowest BCUT2D eigenvalue weighted by Crippen LogP contribution is -2.60. The van der Waals surface area contributed by atoms with E-state index in [1.54, 1.807) is 30.4 Å². The molecule has 2 aliphatic heterocycles. The Kier molecular flexibility index (Phi) is 5.80. The summed E-state index contributed by atoms with van der Waals surface area (Å²) < 4.78 is 4.64. The number of allylic oxidation sites excluding steroid dienone is 3. The van der Waals surface area contributed by atoms with E-state index in [1.165, 1.54) is 7.05 Å². The number of phenols is 1. The minimum Gasteiger partial charge on any atom is -0.507 e. The number of carbonyl (C=O) groups excluding carboxylic acids is 5. The Morgan fingerprint density at radius 3 is 2.54 bits per heavy atom. The van der Waals surface area contributed by atoms with Crippen molar-refractivity contribution in [1.82, 2.24) is 9.80 Å². The molecule has 1 aromatic rings. The molecule has 0 aromatic heterocycles. The highest BCUT2D eigenvalue weighted by molar-refractivity contribution is 6.53. The van der Waals surface area contributed by atoms with Crippen molar-refractivity contribution in [3.8, 4) is 5.75 Å². The summed E-state index contributed by atoms with van der Waals surface area (Å²) in [5, 5.41) is 11.3. The normalized spacial score (nSPS) is 34.6. The van der Waals surface area contributed by atoms with Crippen LogP contribution in [0.1, 0.15) is 29.9 Å². The summed E-state index contributed by atoms with van der Waals surface area (Å²) in [6.45, 7) is 3.71. The molecule has 2 aliphatic carbocycles. The highest BCUT2D eigenvalue weighted by Crippen LogP contribution is 2.66. The van der Waals surface area contributed by atoms with Gasteiger partial charge in [0.15, 0.2) is 9.75 Å². The zero-order valence-corrected chi connectivity index (χ0v) is 21.6. The number of imide groups is 4. The molecule has 4 aliphatic rings. The fraction of sp³-hybridized carbons (Fsp3) is 0.423. The van der Waals surface area contributed by atoms with Gasteiger partial charge >= 0.3 is 6.09 Å². The van der Waals surface area contributed by atoms with Gasteiger partial charge in [0.05, 0.1) is 18.9 Å². The van der Waals surface area contributed by atoms with Gasteiger partial charge in [-0.2, -0.15) is 4.90 Å². The molecule has 1 N–H and O–H groups in total. The number of para-hydroxylation sites is 1. The first-order valence-corrected chi connectivity index (χ1v) is 12.5. The molecule has 1 saturated carbocycles. The topological polar surface area (TPSA) is 121 Å². The number of carbonyl (C=O) groups is 5. The predicted octanol–water partition coefficient (Wildman–Crippen LogP) is 2.88. The largest absolute Gasteiger partial charge is 0.507 e. The van der Waals surface area contributed by atoms with Gasteiger partial charge in [0.25, 0.3) is 11.8 Å². The molecule has 2 heterocycles. The molecular weight excluding hydrogens is 523 g/mol. The van der Waals surface area contributed by atoms with Crippen molar-refractivity contribution in [1.29, 1.82) is 0 Å². The predicted molar refractivity (Wildman–Crippen MR) is 132 cm³/mol. The number of hydrogen-bond acceptors (Lipinski definition) is 7. The Morgan fingerprint density at radius 2 is 1.89 bits per heavy atom. The number of phenolic OH excluding ortho intramolecular Hbond substituents is 1. The van der Waals surface area contributed by atoms with Crippen molar-refractivity contribution in [3.63, 3.8) is 0 Å². The Balaban J connectivity index is 1.74. The van der Waals surface area contributed by atoms with Crippen LogP contribution in [0.4, 0.5) is 4.79 Å². The van der Waals surface area contributed by atoms with E-state index in [1.807, 2.05) is 0 Å². The van der Waals surface area contributed by atoms with E-state index in [2.05, 4.69) is 11.3 Å². The van der Waals surface area contributed by atoms with Crippen LogP contribution in [0.15, 0.2) is 42.5 Å². The molecule has 0 spiro atoms. The van der Waals surface area contributed by atoms with Crippen LogP contribution in [0, 0.1) is 17.8 Å². The summed E-state index contributed by atoms with van der Waals surface area (Å²) in [6, 6.07) is 4.98. The minimum absolute atomic E-state index is 0.0956. The number of halogens is 2. The lowest BCUT2D eigenvalue weighted by atomic mass is 9.56. The van der Waals surface area contributed by atoms with E-state index in [4.69, 9.17) is 23.2 Å². The van der Waals surface area contributed by atoms with Gasteiger partial charge in [-0.1, -0.05) is 35.9 Å². The number of rotatable bonds is 3. The quantitative estimate of drug-likeness (QED) is 0.351. The van der Waals surface area contributed by atoms with Crippen molar-refractivity contribution in [2.24, 2.45) is 17.8 Å². The Hall–Kier alpha value is -3.17. The lowest BCUT2D eigenvalue weighted by molar-refractivity contribution is -0.139. The summed E-state index contributed by atoms with van der Waals surface area (Å²) in [5.74, 6) is -6.81. The van der Waals surface area contributed by atoms with Crippen LogP contribution < -0.4 is 0 Å². The molecule has 194 valence electrons. The highest BCUT2D eigenvalue weighted by Gasteiger charge is 2.76. The van der Waals surface area contributed by atoms with E-state index >= 15 is 0 Å². The number of nitrogens with zero attached hydrogens (tertiary/aromatic N) is 2. The lowest BCUT2D eigenvalue weighted by Gasteiger charge is -2.50. The summed E-state index contributed by atoms with van der Waals surface area (Å²) in [5.41, 5.74) is 1.31. The van der Waals surface area contributed by atoms with Crippen molar-refractivity contribution in [2.45, 2.75) is 34.9 Å². The van der Waals surface area contributed by atoms with Crippen LogP contribution in [0.2, 0.25) is 0 Å². The van der Waals surface area contributed by atoms with Gasteiger partial charge in [0, 0.05) is 18.5 Å². The molecule has 37 heavy (non-hydrogen) atoms. The molecule has 1 aromatic carbocycles. The van der Waals surface area contributed by atoms with Gasteiger partial charge in [-0.15, -0.1) is 29.8 Å². The maximum Gasteiger partial charge on any atom is 0.423 e. The van der Waals surface area contributed by atoms with Gasteiger partial charge < -0.3 is 9.84 Å². The average Bonchev–Trinajstić information content (AvgIpc) is 3.20. The standard InChI is InChI=1S/C26H24Cl2N2O7/c1-4-6-12-7-5-8-15(19(12)31)18-13-9-10-14-17(21(33)30(20(14)32)24(36)37-3)16(13)11-25(27)22(34)29(2)23(35)26(18,25)28/h4-5,7-9,14,16-18,31H,1,6,10-11H2,2-3H3. The van der Waals surface area contributed by atoms with Crippen LogP contribution in [0.25, 0.3) is 0 Å². The highest BCUT2D eigenvalue weighted by atomic mass is 35.5. The number of likely N-dealkylation sites (tertiary alicyclic amines) is 2. The Bertz CT molecular complexity index is 1330. The van der Waals surface area contributed by atoms with Gasteiger partial charge in [0.2, 0.25) is 11.8 Å². The van der Waals surface area contributed by atoms with Crippen molar-refractivity contribution >= 4 is 52.9 Å². The smallest absolute Gasteiger partial charge is 0.423 e. The van der Waals surface area contributed by atoms with Gasteiger partial charge in [0.1, 0.15) is 5.75 Å². The molecule has 0 radical (unpaired) electrons. The van der Waals surface area contributed by atoms with E-state index < -0.39 is 63.1 Å². The monoisotopic (exact) mass is 546 g/mol. The number of methoxy groups -OCH3 is 1. The van der Waals surface area contributed by atoms with E-state index in [-0.39, 0.29) is 24.2 Å². The Morgan fingerprint density at radius 1 is 1.19 bits per heavy atom. The van der Waals surface area contributed by atoms with Crippen LogP contribution in [0.3, 0.4) is 0 Å². The van der Waals surface area contributed by atoms with Gasteiger partial charge in [-0.05, 0) is 30.7 Å². The zero-order valence-electron chi connectivity index (χ0n) is 20.1. The SMILES string of the molecule is C=CCc1cccc(C2C3=CCC4C(=O)N(C(=O)OC)C(=O)C4C3CC3(Cl)C(=O)N(C)C(=O)C23Cl)c1O. The molecule has 0 bridgehead atoms. The second-order valence-electron chi connectivity index (χ2n) is 9.83. The molecule has 3 fully saturated rings. The number of fused-ring (bicyclic) bond motifs is 4. The van der Waals surface area contributed by atoms with Gasteiger partial charge in [-0.3, -0.25) is 24.1 Å². The number of hydrogen-bond donors (Lipinski definition) is 1. The third-order valence-corrected chi connectivity index (χ3v) is 9.61. The van der Waals surface area contributed by atoms with Crippen molar-refractivity contribution < 1.29 is 33.8 Å². The second kappa shape index (κ2) is 8.43. The van der Waals surface area contributed by atoms with Gasteiger partial charge in [-0.25, -0.2) is 4.79 Å². The number of benzene rings is 1. The maximum atomic E-state index is 13.6. The molecule has 5 amide bonds. The van der Waals surface area contributed by atoms with Crippen LogP contribution in [-0.4, -0.2) is 68.5 Å². The Labute approximate surface area is 222 Å². The third kappa shape index (κ3) is 3.07. The third-order valence-electron chi connectivity index (χ3n) is 8.20. The fourth-order valence-electron chi connectivity index (χ4n) is 6.53. The molecular formula is C26H24Cl2N2O7. The van der Waals surface area contributed by atoms with Crippen LogP contribution in [0.5, 0.6) is 5.75 Å². The fourth-order valence-corrected chi connectivity index (χ4v) is 7.54. The number of aromatic hydroxyl groups is 1. The minimum atomic E-state index is -2.01. The van der Waals surface area contributed by atoms with Crippen LogP contribution in [-0.2, 0) is 30.3 Å². The summed E-state index contributed by atoms with van der Waals surface area (Å²) in [6.07, 6.45) is 2.45.